The Bertz CT molecular complexity index is 357. The summed E-state index contributed by atoms with van der Waals surface area (Å²) in [6.45, 7) is 7.83. The molecule has 0 atom stereocenters. The number of fused-ring (bicyclic) bond motifs is 1. The molecule has 0 spiro atoms. The first kappa shape index (κ1) is 9.84. The zero-order chi connectivity index (χ0) is 10.7. The molecule has 1 heterocycles. The van der Waals surface area contributed by atoms with E-state index in [1.54, 1.807) is 0 Å². The molecule has 0 N–H and O–H groups in total. The molecule has 0 saturated heterocycles. The maximum atomic E-state index is 5.34. The van der Waals surface area contributed by atoms with Gasteiger partial charge in [0.15, 0.2) is 11.5 Å². The van der Waals surface area contributed by atoms with Crippen molar-refractivity contribution in [3.8, 4) is 11.5 Å². The summed E-state index contributed by atoms with van der Waals surface area (Å²) in [5.74, 6) is 1.67. The van der Waals surface area contributed by atoms with Crippen LogP contribution in [0.5, 0.6) is 11.5 Å². The molecule has 0 bridgehead atoms. The molecule has 0 saturated carbocycles. The number of hydrogen-bond acceptors (Lipinski definition) is 2. The molecule has 1 aliphatic heterocycles. The Morgan fingerprint density at radius 1 is 1.00 bits per heavy atom. The lowest BCUT2D eigenvalue weighted by Crippen LogP contribution is -1.92. The van der Waals surface area contributed by atoms with Crippen LogP contribution < -0.4 is 9.47 Å². The Labute approximate surface area is 89.8 Å². The molecule has 2 heteroatoms. The van der Waals surface area contributed by atoms with Gasteiger partial charge in [-0.2, -0.15) is 0 Å². The first-order valence-electron chi connectivity index (χ1n) is 4.98. The summed E-state index contributed by atoms with van der Waals surface area (Å²) in [6.07, 6.45) is 5.48. The average molecular weight is 202 g/mol. The van der Waals surface area contributed by atoms with Gasteiger partial charge in [0.2, 0.25) is 6.79 Å². The van der Waals surface area contributed by atoms with Crippen LogP contribution in [0, 0.1) is 0 Å². The van der Waals surface area contributed by atoms with Crippen LogP contribution in [0.4, 0.5) is 0 Å². The highest BCUT2D eigenvalue weighted by Crippen LogP contribution is 2.35. The third kappa shape index (κ3) is 1.89. The highest BCUT2D eigenvalue weighted by atomic mass is 16.7. The number of allylic oxidation sites excluding steroid dienone is 2. The van der Waals surface area contributed by atoms with E-state index >= 15 is 0 Å². The Morgan fingerprint density at radius 2 is 1.47 bits per heavy atom. The molecule has 2 rings (SSSR count). The lowest BCUT2D eigenvalue weighted by Gasteiger charge is -2.07. The van der Waals surface area contributed by atoms with Crippen molar-refractivity contribution in [2.45, 2.75) is 12.8 Å². The van der Waals surface area contributed by atoms with Crippen LogP contribution in [0.15, 0.2) is 37.4 Å². The van der Waals surface area contributed by atoms with E-state index in [1.165, 1.54) is 11.1 Å². The second-order valence-electron chi connectivity index (χ2n) is 3.46. The predicted molar refractivity (Wildman–Crippen MR) is 60.4 cm³/mol. The Kier molecular flexibility index (Phi) is 2.77. The predicted octanol–water partition coefficient (Wildman–Crippen LogP) is 2.87. The van der Waals surface area contributed by atoms with Crippen LogP contribution in [0.3, 0.4) is 0 Å². The monoisotopic (exact) mass is 202 g/mol. The van der Waals surface area contributed by atoms with Crippen molar-refractivity contribution in [1.29, 1.82) is 0 Å². The maximum Gasteiger partial charge on any atom is 0.231 e. The summed E-state index contributed by atoms with van der Waals surface area (Å²) in [5.41, 5.74) is 2.46. The van der Waals surface area contributed by atoms with Crippen molar-refractivity contribution in [2.75, 3.05) is 6.79 Å². The van der Waals surface area contributed by atoms with Gasteiger partial charge in [0.25, 0.3) is 0 Å². The fraction of sp³-hybridized carbons (Fsp3) is 0.231. The molecule has 0 fully saturated rings. The van der Waals surface area contributed by atoms with Gasteiger partial charge in [-0.3, -0.25) is 0 Å². The minimum Gasteiger partial charge on any atom is -0.454 e. The van der Waals surface area contributed by atoms with Gasteiger partial charge in [-0.05, 0) is 36.1 Å². The van der Waals surface area contributed by atoms with Crippen molar-refractivity contribution in [3.63, 3.8) is 0 Å². The highest BCUT2D eigenvalue weighted by molar-refractivity contribution is 5.49. The van der Waals surface area contributed by atoms with Crippen molar-refractivity contribution in [3.05, 3.63) is 48.6 Å². The van der Waals surface area contributed by atoms with Crippen LogP contribution in [0.2, 0.25) is 0 Å². The van der Waals surface area contributed by atoms with Gasteiger partial charge in [0, 0.05) is 0 Å². The van der Waals surface area contributed by atoms with Crippen molar-refractivity contribution >= 4 is 0 Å². The van der Waals surface area contributed by atoms with E-state index in [4.69, 9.17) is 9.47 Å². The fourth-order valence-corrected chi connectivity index (χ4v) is 1.72. The second-order valence-corrected chi connectivity index (χ2v) is 3.46. The van der Waals surface area contributed by atoms with Crippen molar-refractivity contribution in [1.82, 2.24) is 0 Å². The van der Waals surface area contributed by atoms with Crippen LogP contribution in [-0.2, 0) is 12.8 Å². The number of ether oxygens (including phenoxy) is 2. The average Bonchev–Trinajstić information content (AvgIpc) is 2.66. The first-order valence-corrected chi connectivity index (χ1v) is 4.98. The van der Waals surface area contributed by atoms with Gasteiger partial charge in [0.05, 0.1) is 0 Å². The zero-order valence-electron chi connectivity index (χ0n) is 8.66. The minimum absolute atomic E-state index is 0.320. The van der Waals surface area contributed by atoms with E-state index in [1.807, 2.05) is 24.3 Å². The lowest BCUT2D eigenvalue weighted by molar-refractivity contribution is 0.174. The zero-order valence-corrected chi connectivity index (χ0v) is 8.66. The van der Waals surface area contributed by atoms with Crippen LogP contribution in [0.25, 0.3) is 0 Å². The van der Waals surface area contributed by atoms with E-state index in [0.717, 1.165) is 24.3 Å². The summed E-state index contributed by atoms with van der Waals surface area (Å²) in [4.78, 5) is 0. The number of benzene rings is 1. The summed E-state index contributed by atoms with van der Waals surface area (Å²) >= 11 is 0. The Morgan fingerprint density at radius 3 is 1.87 bits per heavy atom. The van der Waals surface area contributed by atoms with E-state index < -0.39 is 0 Å². The van der Waals surface area contributed by atoms with Crippen molar-refractivity contribution in [2.24, 2.45) is 0 Å². The summed E-state index contributed by atoms with van der Waals surface area (Å²) in [6, 6.07) is 4.06. The molecule has 0 radical (unpaired) electrons. The Hall–Kier alpha value is -1.70. The van der Waals surface area contributed by atoms with Gasteiger partial charge in [-0.1, -0.05) is 12.2 Å². The highest BCUT2D eigenvalue weighted by Gasteiger charge is 2.15. The third-order valence-electron chi connectivity index (χ3n) is 2.42. The number of hydrogen-bond donors (Lipinski definition) is 0. The molecule has 1 aromatic carbocycles. The van der Waals surface area contributed by atoms with Crippen molar-refractivity contribution < 1.29 is 9.47 Å². The first-order chi connectivity index (χ1) is 7.35. The van der Waals surface area contributed by atoms with Gasteiger partial charge >= 0.3 is 0 Å². The minimum atomic E-state index is 0.320. The second kappa shape index (κ2) is 4.22. The van der Waals surface area contributed by atoms with E-state index in [0.29, 0.717) is 6.79 Å². The van der Waals surface area contributed by atoms with E-state index in [9.17, 15) is 0 Å². The molecule has 78 valence electrons. The smallest absolute Gasteiger partial charge is 0.231 e. The normalized spacial score (nSPS) is 12.5. The van der Waals surface area contributed by atoms with Gasteiger partial charge in [0.1, 0.15) is 0 Å². The largest absolute Gasteiger partial charge is 0.454 e. The van der Waals surface area contributed by atoms with Crippen LogP contribution in [0.1, 0.15) is 11.1 Å². The molecule has 0 aliphatic carbocycles. The Balaban J connectivity index is 2.41. The van der Waals surface area contributed by atoms with E-state index in [-0.39, 0.29) is 0 Å². The molecule has 2 nitrogen and oxygen atoms in total. The standard InChI is InChI=1S/C13H14O2/c1-3-5-10-7-12-13(15-9-14-12)8-11(10)6-4-2/h3-4,7-8H,1-2,5-6,9H2. The number of rotatable bonds is 4. The van der Waals surface area contributed by atoms with Gasteiger partial charge < -0.3 is 9.47 Å². The molecule has 15 heavy (non-hydrogen) atoms. The molecular weight excluding hydrogens is 188 g/mol. The lowest BCUT2D eigenvalue weighted by atomic mass is 10.0. The molecule has 0 amide bonds. The maximum absolute atomic E-state index is 5.34. The van der Waals surface area contributed by atoms with Gasteiger partial charge in [-0.15, -0.1) is 13.2 Å². The molecular formula is C13H14O2. The summed E-state index contributed by atoms with van der Waals surface area (Å²) < 4.78 is 10.7. The SMILES string of the molecule is C=CCc1cc2c(cc1CC=C)OCO2. The van der Waals surface area contributed by atoms with Crippen LogP contribution >= 0.6 is 0 Å². The molecule has 1 aliphatic rings. The quantitative estimate of drug-likeness (QED) is 0.699. The van der Waals surface area contributed by atoms with Gasteiger partial charge in [-0.25, -0.2) is 0 Å². The summed E-state index contributed by atoms with van der Waals surface area (Å²) in [5, 5.41) is 0. The fourth-order valence-electron chi connectivity index (χ4n) is 1.72. The third-order valence-corrected chi connectivity index (χ3v) is 2.42. The molecule has 0 aromatic heterocycles. The molecule has 0 unspecified atom stereocenters. The van der Waals surface area contributed by atoms with Crippen LogP contribution in [-0.4, -0.2) is 6.79 Å². The summed E-state index contributed by atoms with van der Waals surface area (Å²) in [7, 11) is 0. The molecule has 1 aromatic rings. The topological polar surface area (TPSA) is 18.5 Å². The van der Waals surface area contributed by atoms with E-state index in [2.05, 4.69) is 13.2 Å².